The fourth-order valence-electron chi connectivity index (χ4n) is 2.24. The molecule has 0 aliphatic heterocycles. The Balaban J connectivity index is 3.22. The van der Waals surface area contributed by atoms with E-state index in [1.165, 1.54) is 18.9 Å². The number of carbonyl (C=O) groups is 3. The molecule has 23 heavy (non-hydrogen) atoms. The summed E-state index contributed by atoms with van der Waals surface area (Å²) in [7, 11) is 1.23. The summed E-state index contributed by atoms with van der Waals surface area (Å²) in [6, 6.07) is 0. The summed E-state index contributed by atoms with van der Waals surface area (Å²) in [5.41, 5.74) is 1.22. The van der Waals surface area contributed by atoms with Crippen LogP contribution in [0.2, 0.25) is 0 Å². The molecule has 1 amide bonds. The number of nitrogens with one attached hydrogen (secondary N) is 1. The third-order valence-electron chi connectivity index (χ3n) is 3.31. The lowest BCUT2D eigenvalue weighted by atomic mass is 10.1. The highest BCUT2D eigenvalue weighted by molar-refractivity contribution is 6.01. The summed E-state index contributed by atoms with van der Waals surface area (Å²) < 4.78 is 4.73. The molecule has 1 aromatic rings. The zero-order valence-corrected chi connectivity index (χ0v) is 13.4. The molecule has 6 heteroatoms. The number of nitrogens with zero attached hydrogens (tertiary/aromatic N) is 1. The number of ether oxygens (including phenoxy) is 1. The number of hydrogen-bond acceptors (Lipinski definition) is 4. The number of H-pyrrole nitrogens is 1. The minimum Gasteiger partial charge on any atom is -0.465 e. The Morgan fingerprint density at radius 3 is 2.22 bits per heavy atom. The largest absolute Gasteiger partial charge is 0.465 e. The van der Waals surface area contributed by atoms with E-state index in [-0.39, 0.29) is 42.5 Å². The molecule has 0 atom stereocenters. The number of aromatic nitrogens is 1. The molecule has 0 fully saturated rings. The minimum absolute atomic E-state index is 0.0653. The van der Waals surface area contributed by atoms with Crippen LogP contribution in [0.1, 0.15) is 39.0 Å². The van der Waals surface area contributed by atoms with Gasteiger partial charge in [0.2, 0.25) is 5.91 Å². The number of aromatic amines is 1. The van der Waals surface area contributed by atoms with Crippen LogP contribution < -0.4 is 0 Å². The average Bonchev–Trinajstić information content (AvgIpc) is 2.83. The summed E-state index contributed by atoms with van der Waals surface area (Å²) in [5, 5.41) is 0. The van der Waals surface area contributed by atoms with E-state index in [0.717, 1.165) is 0 Å². The summed E-state index contributed by atoms with van der Waals surface area (Å²) in [6.45, 7) is 3.12. The second-order valence-corrected chi connectivity index (χ2v) is 4.86. The van der Waals surface area contributed by atoms with Crippen molar-refractivity contribution in [3.8, 4) is 24.7 Å². The van der Waals surface area contributed by atoms with Crippen LogP contribution in [0, 0.1) is 31.6 Å². The van der Waals surface area contributed by atoms with E-state index in [4.69, 9.17) is 17.6 Å². The van der Waals surface area contributed by atoms with Crippen molar-refractivity contribution in [2.24, 2.45) is 0 Å². The molecule has 0 spiro atoms. The summed E-state index contributed by atoms with van der Waals surface area (Å²) in [4.78, 5) is 40.1. The maximum Gasteiger partial charge on any atom is 0.339 e. The Kier molecular flexibility index (Phi) is 6.17. The van der Waals surface area contributed by atoms with Crippen molar-refractivity contribution in [3.63, 3.8) is 0 Å². The number of esters is 1. The van der Waals surface area contributed by atoms with Crippen LogP contribution in [0.25, 0.3) is 0 Å². The fraction of sp³-hybridized carbons (Fsp3) is 0.353. The molecule has 0 saturated heterocycles. The van der Waals surface area contributed by atoms with E-state index in [1.807, 2.05) is 0 Å². The first-order chi connectivity index (χ1) is 10.9. The van der Waals surface area contributed by atoms with E-state index in [0.29, 0.717) is 11.3 Å². The van der Waals surface area contributed by atoms with Crippen LogP contribution in [-0.2, 0) is 16.0 Å². The maximum atomic E-state index is 12.3. The van der Waals surface area contributed by atoms with Gasteiger partial charge in [0.05, 0.1) is 37.9 Å². The van der Waals surface area contributed by atoms with Crippen molar-refractivity contribution in [3.05, 3.63) is 22.5 Å². The van der Waals surface area contributed by atoms with Gasteiger partial charge in [-0.25, -0.2) is 4.79 Å². The number of ketones is 1. The summed E-state index contributed by atoms with van der Waals surface area (Å²) >= 11 is 0. The van der Waals surface area contributed by atoms with Gasteiger partial charge >= 0.3 is 5.97 Å². The lowest BCUT2D eigenvalue weighted by Gasteiger charge is -2.17. The molecule has 1 N–H and O–H groups in total. The van der Waals surface area contributed by atoms with E-state index in [1.54, 1.807) is 6.92 Å². The minimum atomic E-state index is -0.616. The topological polar surface area (TPSA) is 79.5 Å². The number of amides is 1. The third kappa shape index (κ3) is 4.02. The van der Waals surface area contributed by atoms with E-state index in [9.17, 15) is 14.4 Å². The molecule has 0 saturated carbocycles. The number of carbonyl (C=O) groups excluding carboxylic acids is 3. The summed E-state index contributed by atoms with van der Waals surface area (Å²) in [6.07, 6.45) is 10.3. The lowest BCUT2D eigenvalue weighted by Crippen LogP contribution is -2.33. The van der Waals surface area contributed by atoms with Gasteiger partial charge in [0.25, 0.3) is 0 Å². The Labute approximate surface area is 135 Å². The Morgan fingerprint density at radius 2 is 1.78 bits per heavy atom. The van der Waals surface area contributed by atoms with Gasteiger partial charge < -0.3 is 14.6 Å². The zero-order valence-electron chi connectivity index (χ0n) is 13.4. The second-order valence-electron chi connectivity index (χ2n) is 4.86. The molecule has 0 aromatic carbocycles. The van der Waals surface area contributed by atoms with Crippen LogP contribution in [0.3, 0.4) is 0 Å². The van der Waals surface area contributed by atoms with Crippen LogP contribution in [0.15, 0.2) is 0 Å². The maximum absolute atomic E-state index is 12.3. The van der Waals surface area contributed by atoms with Crippen molar-refractivity contribution in [2.75, 3.05) is 20.2 Å². The molecule has 120 valence electrons. The number of hydrogen-bond donors (Lipinski definition) is 1. The van der Waals surface area contributed by atoms with E-state index < -0.39 is 5.97 Å². The first-order valence-corrected chi connectivity index (χ1v) is 6.82. The van der Waals surface area contributed by atoms with Crippen LogP contribution in [0.5, 0.6) is 0 Å². The van der Waals surface area contributed by atoms with Crippen LogP contribution >= 0.6 is 0 Å². The number of Topliss-reactive ketones (excluding diaryl/α,β-unsaturated/α-hetero) is 1. The van der Waals surface area contributed by atoms with E-state index >= 15 is 0 Å². The Bertz CT molecular complexity index is 700. The van der Waals surface area contributed by atoms with Crippen molar-refractivity contribution < 1.29 is 19.1 Å². The normalized spacial score (nSPS) is 9.61. The molecule has 0 bridgehead atoms. The summed E-state index contributed by atoms with van der Waals surface area (Å²) in [5.74, 6) is 3.51. The van der Waals surface area contributed by atoms with Gasteiger partial charge in [-0.15, -0.1) is 12.8 Å². The van der Waals surface area contributed by atoms with Gasteiger partial charge in [0.15, 0.2) is 5.78 Å². The molecule has 0 unspecified atom stereocenters. The molecule has 0 radical (unpaired) electrons. The highest BCUT2D eigenvalue weighted by atomic mass is 16.5. The predicted octanol–water partition coefficient (Wildman–Crippen LogP) is 0.950. The van der Waals surface area contributed by atoms with Crippen LogP contribution in [-0.4, -0.2) is 47.7 Å². The van der Waals surface area contributed by atoms with E-state index in [2.05, 4.69) is 16.8 Å². The SMILES string of the molecule is C#CCN(CC#C)C(=O)Cc1[nH]c(C(C)=O)c(C)c1C(=O)OC. The van der Waals surface area contributed by atoms with Crippen molar-refractivity contribution in [2.45, 2.75) is 20.3 Å². The van der Waals surface area contributed by atoms with Gasteiger partial charge in [0, 0.05) is 12.6 Å². The second kappa shape index (κ2) is 7.86. The number of terminal acetylenes is 2. The molecule has 1 heterocycles. The first-order valence-electron chi connectivity index (χ1n) is 6.82. The monoisotopic (exact) mass is 314 g/mol. The zero-order chi connectivity index (χ0) is 17.6. The smallest absolute Gasteiger partial charge is 0.339 e. The van der Waals surface area contributed by atoms with Crippen LogP contribution in [0.4, 0.5) is 0 Å². The third-order valence-corrected chi connectivity index (χ3v) is 3.31. The lowest BCUT2D eigenvalue weighted by molar-refractivity contribution is -0.129. The van der Waals surface area contributed by atoms with Gasteiger partial charge in [-0.1, -0.05) is 11.8 Å². The quantitative estimate of drug-likeness (QED) is 0.482. The molecule has 1 aromatic heterocycles. The highest BCUT2D eigenvalue weighted by Crippen LogP contribution is 2.21. The highest BCUT2D eigenvalue weighted by Gasteiger charge is 2.25. The van der Waals surface area contributed by atoms with Crippen molar-refractivity contribution >= 4 is 17.7 Å². The van der Waals surface area contributed by atoms with Gasteiger partial charge in [-0.2, -0.15) is 0 Å². The molecular formula is C17H18N2O4. The van der Waals surface area contributed by atoms with Crippen molar-refractivity contribution in [1.29, 1.82) is 0 Å². The number of rotatable bonds is 6. The number of methoxy groups -OCH3 is 1. The molecular weight excluding hydrogens is 296 g/mol. The Hall–Kier alpha value is -2.99. The van der Waals surface area contributed by atoms with Crippen molar-refractivity contribution in [1.82, 2.24) is 9.88 Å². The Morgan fingerprint density at radius 1 is 1.22 bits per heavy atom. The standard InChI is InChI=1S/C17H18N2O4/c1-6-8-19(9-7-2)14(21)10-13-15(17(22)23-5)11(3)16(18-13)12(4)20/h1-2,18H,8-10H2,3-5H3. The molecule has 6 nitrogen and oxygen atoms in total. The van der Waals surface area contributed by atoms with Gasteiger partial charge in [0.1, 0.15) is 0 Å². The average molecular weight is 314 g/mol. The van der Waals surface area contributed by atoms with Gasteiger partial charge in [-0.3, -0.25) is 9.59 Å². The fourth-order valence-corrected chi connectivity index (χ4v) is 2.24. The predicted molar refractivity (Wildman–Crippen MR) is 84.8 cm³/mol. The first kappa shape index (κ1) is 18.1. The van der Waals surface area contributed by atoms with Gasteiger partial charge in [-0.05, 0) is 12.5 Å². The molecule has 0 aliphatic carbocycles. The molecule has 0 aliphatic rings. The molecule has 1 rings (SSSR count).